The van der Waals surface area contributed by atoms with Crippen molar-refractivity contribution in [2.75, 3.05) is 18.5 Å². The maximum absolute atomic E-state index is 12.5. The summed E-state index contributed by atoms with van der Waals surface area (Å²) in [6.45, 7) is 4.66. The number of nitriles is 1. The van der Waals surface area contributed by atoms with E-state index in [1.165, 1.54) is 6.20 Å². The Morgan fingerprint density at radius 1 is 1.19 bits per heavy atom. The molecule has 0 saturated carbocycles. The number of carbonyl (C=O) groups excluding carboxylic acids is 1. The van der Waals surface area contributed by atoms with Gasteiger partial charge >= 0.3 is 0 Å². The second kappa shape index (κ2) is 9.40. The lowest BCUT2D eigenvalue weighted by Crippen LogP contribution is -2.24. The van der Waals surface area contributed by atoms with Crippen molar-refractivity contribution in [3.05, 3.63) is 77.0 Å². The zero-order valence-electron chi connectivity index (χ0n) is 15.1. The van der Waals surface area contributed by atoms with Gasteiger partial charge in [0.1, 0.15) is 11.6 Å². The number of nitrogens with zero attached hydrogens (tertiary/aromatic N) is 2. The van der Waals surface area contributed by atoms with Gasteiger partial charge in [0.15, 0.2) is 0 Å². The number of aliphatic hydroxyl groups is 1. The Kier molecular flexibility index (Phi) is 6.95. The average Bonchev–Trinajstić information content (AvgIpc) is 2.64. The molecule has 0 spiro atoms. The summed E-state index contributed by atoms with van der Waals surface area (Å²) in [6.07, 6.45) is 1.50. The lowest BCUT2D eigenvalue weighted by Gasteiger charge is -2.20. The minimum atomic E-state index is -0.461. The summed E-state index contributed by atoms with van der Waals surface area (Å²) >= 11 is 0. The first-order chi connectivity index (χ1) is 12.5. The SMILES string of the molecule is Cc1cccc(NC(=O)/C(C#N)=C\N(CCO)Cc2ccccc2)c1C. The highest BCUT2D eigenvalue weighted by molar-refractivity contribution is 6.06. The van der Waals surface area contributed by atoms with E-state index in [0.717, 1.165) is 16.7 Å². The van der Waals surface area contributed by atoms with Crippen molar-refractivity contribution in [1.29, 1.82) is 5.26 Å². The van der Waals surface area contributed by atoms with E-state index in [-0.39, 0.29) is 12.2 Å². The van der Waals surface area contributed by atoms with Gasteiger partial charge in [-0.25, -0.2) is 0 Å². The number of hydrogen-bond acceptors (Lipinski definition) is 4. The normalized spacial score (nSPS) is 10.9. The Morgan fingerprint density at radius 2 is 1.92 bits per heavy atom. The number of rotatable bonds is 7. The third kappa shape index (κ3) is 5.20. The molecule has 0 heterocycles. The van der Waals surface area contributed by atoms with Gasteiger partial charge in [-0.15, -0.1) is 0 Å². The van der Waals surface area contributed by atoms with Crippen LogP contribution >= 0.6 is 0 Å². The highest BCUT2D eigenvalue weighted by Gasteiger charge is 2.13. The first-order valence-corrected chi connectivity index (χ1v) is 8.43. The van der Waals surface area contributed by atoms with E-state index >= 15 is 0 Å². The quantitative estimate of drug-likeness (QED) is 0.595. The molecule has 0 saturated heterocycles. The van der Waals surface area contributed by atoms with Gasteiger partial charge in [0.05, 0.1) is 6.61 Å². The second-order valence-corrected chi connectivity index (χ2v) is 6.04. The summed E-state index contributed by atoms with van der Waals surface area (Å²) in [5.41, 5.74) is 3.75. The Bertz CT molecular complexity index is 823. The van der Waals surface area contributed by atoms with Crippen LogP contribution in [0.3, 0.4) is 0 Å². The molecule has 0 aliphatic carbocycles. The maximum Gasteiger partial charge on any atom is 0.267 e. The van der Waals surface area contributed by atoms with E-state index in [9.17, 15) is 15.2 Å². The topological polar surface area (TPSA) is 76.4 Å². The molecule has 5 nitrogen and oxygen atoms in total. The van der Waals surface area contributed by atoms with Crippen LogP contribution in [-0.2, 0) is 11.3 Å². The summed E-state index contributed by atoms with van der Waals surface area (Å²) in [7, 11) is 0. The molecule has 0 radical (unpaired) electrons. The van der Waals surface area contributed by atoms with Crippen molar-refractivity contribution in [3.8, 4) is 6.07 Å². The number of nitrogens with one attached hydrogen (secondary N) is 1. The van der Waals surface area contributed by atoms with Crippen molar-refractivity contribution >= 4 is 11.6 Å². The number of aryl methyl sites for hydroxylation is 1. The van der Waals surface area contributed by atoms with Crippen LogP contribution in [0.4, 0.5) is 5.69 Å². The van der Waals surface area contributed by atoms with Crippen molar-refractivity contribution in [1.82, 2.24) is 4.90 Å². The molecule has 2 N–H and O–H groups in total. The molecule has 0 fully saturated rings. The Balaban J connectivity index is 2.18. The van der Waals surface area contributed by atoms with Gasteiger partial charge < -0.3 is 15.3 Å². The fraction of sp³-hybridized carbons (Fsp3) is 0.238. The second-order valence-electron chi connectivity index (χ2n) is 6.04. The van der Waals surface area contributed by atoms with Crippen LogP contribution in [0.2, 0.25) is 0 Å². The molecule has 0 bridgehead atoms. The van der Waals surface area contributed by atoms with E-state index in [4.69, 9.17) is 0 Å². The first kappa shape index (κ1) is 19.2. The van der Waals surface area contributed by atoms with Crippen LogP contribution < -0.4 is 5.32 Å². The highest BCUT2D eigenvalue weighted by Crippen LogP contribution is 2.19. The van der Waals surface area contributed by atoms with Gasteiger partial charge in [0.25, 0.3) is 5.91 Å². The molecule has 0 unspecified atom stereocenters. The molecule has 2 aromatic rings. The van der Waals surface area contributed by atoms with Gasteiger partial charge in [-0.3, -0.25) is 4.79 Å². The fourth-order valence-electron chi connectivity index (χ4n) is 2.53. The zero-order chi connectivity index (χ0) is 18.9. The van der Waals surface area contributed by atoms with E-state index in [0.29, 0.717) is 18.8 Å². The first-order valence-electron chi connectivity index (χ1n) is 8.43. The molecule has 26 heavy (non-hydrogen) atoms. The predicted octanol–water partition coefficient (Wildman–Crippen LogP) is 3.14. The standard InChI is InChI=1S/C21H23N3O2/c1-16-7-6-10-20(17(16)2)23-21(26)19(13-22)15-24(11-12-25)14-18-8-4-3-5-9-18/h3-10,15,25H,11-12,14H2,1-2H3,(H,23,26)/b19-15-. The van der Waals surface area contributed by atoms with Gasteiger partial charge in [-0.05, 0) is 36.6 Å². The van der Waals surface area contributed by atoms with E-state index in [1.807, 2.05) is 68.4 Å². The van der Waals surface area contributed by atoms with Crippen LogP contribution in [-0.4, -0.2) is 29.1 Å². The Labute approximate surface area is 154 Å². The number of benzene rings is 2. The summed E-state index contributed by atoms with van der Waals surface area (Å²) < 4.78 is 0. The molecule has 0 aromatic heterocycles. The third-order valence-electron chi connectivity index (χ3n) is 4.15. The van der Waals surface area contributed by atoms with E-state index in [1.54, 1.807) is 4.90 Å². The van der Waals surface area contributed by atoms with Crippen molar-refractivity contribution < 1.29 is 9.90 Å². The molecule has 2 aromatic carbocycles. The molecule has 0 atom stereocenters. The number of amides is 1. The molecule has 1 amide bonds. The van der Waals surface area contributed by atoms with Gasteiger partial charge in [0.2, 0.25) is 0 Å². The predicted molar refractivity (Wildman–Crippen MR) is 102 cm³/mol. The van der Waals surface area contributed by atoms with Crippen LogP contribution in [0.1, 0.15) is 16.7 Å². The molecule has 134 valence electrons. The lowest BCUT2D eigenvalue weighted by atomic mass is 10.1. The molecular weight excluding hydrogens is 326 g/mol. The number of hydrogen-bond donors (Lipinski definition) is 2. The van der Waals surface area contributed by atoms with Crippen molar-refractivity contribution in [2.24, 2.45) is 0 Å². The van der Waals surface area contributed by atoms with E-state index < -0.39 is 5.91 Å². The maximum atomic E-state index is 12.5. The fourth-order valence-corrected chi connectivity index (χ4v) is 2.53. The largest absolute Gasteiger partial charge is 0.395 e. The Hall–Kier alpha value is -3.10. The summed E-state index contributed by atoms with van der Waals surface area (Å²) in [4.78, 5) is 14.3. The number of carbonyl (C=O) groups is 1. The van der Waals surface area contributed by atoms with Crippen molar-refractivity contribution in [2.45, 2.75) is 20.4 Å². The third-order valence-corrected chi connectivity index (χ3v) is 4.15. The van der Waals surface area contributed by atoms with Crippen LogP contribution in [0, 0.1) is 25.2 Å². The molecule has 0 aliphatic rings. The smallest absolute Gasteiger partial charge is 0.267 e. The minimum Gasteiger partial charge on any atom is -0.395 e. The van der Waals surface area contributed by atoms with Crippen LogP contribution in [0.25, 0.3) is 0 Å². The highest BCUT2D eigenvalue weighted by atomic mass is 16.3. The number of aliphatic hydroxyl groups excluding tert-OH is 1. The molecule has 5 heteroatoms. The summed E-state index contributed by atoms with van der Waals surface area (Å²) in [6, 6.07) is 17.3. The van der Waals surface area contributed by atoms with Gasteiger partial charge in [-0.1, -0.05) is 42.5 Å². The Morgan fingerprint density at radius 3 is 2.58 bits per heavy atom. The van der Waals surface area contributed by atoms with Crippen molar-refractivity contribution in [3.63, 3.8) is 0 Å². The molecular formula is C21H23N3O2. The lowest BCUT2D eigenvalue weighted by molar-refractivity contribution is -0.112. The van der Waals surface area contributed by atoms with Crippen LogP contribution in [0.5, 0.6) is 0 Å². The van der Waals surface area contributed by atoms with Gasteiger partial charge in [0, 0.05) is 25.0 Å². The van der Waals surface area contributed by atoms with E-state index in [2.05, 4.69) is 5.32 Å². The average molecular weight is 349 g/mol. The summed E-state index contributed by atoms with van der Waals surface area (Å²) in [5.74, 6) is -0.461. The zero-order valence-corrected chi connectivity index (χ0v) is 15.1. The number of anilines is 1. The minimum absolute atomic E-state index is 0.00436. The monoisotopic (exact) mass is 349 g/mol. The molecule has 0 aliphatic heterocycles. The van der Waals surface area contributed by atoms with Gasteiger partial charge in [-0.2, -0.15) is 5.26 Å². The summed E-state index contributed by atoms with van der Waals surface area (Å²) in [5, 5.41) is 21.5. The molecule has 2 rings (SSSR count). The van der Waals surface area contributed by atoms with Crippen LogP contribution in [0.15, 0.2) is 60.3 Å².